The molecule has 0 unspecified atom stereocenters. The average Bonchev–Trinajstić information content (AvgIpc) is 1.72. The summed E-state index contributed by atoms with van der Waals surface area (Å²) in [5.74, 6) is 4.02. The summed E-state index contributed by atoms with van der Waals surface area (Å²) in [4.78, 5) is 28.7. The van der Waals surface area contributed by atoms with Gasteiger partial charge in [0, 0.05) is 91.9 Å². The van der Waals surface area contributed by atoms with E-state index >= 15 is 0 Å². The predicted molar refractivity (Wildman–Crippen MR) is 381 cm³/mol. The van der Waals surface area contributed by atoms with Crippen LogP contribution in [0.15, 0.2) is 297 Å². The van der Waals surface area contributed by atoms with Crippen molar-refractivity contribution in [2.24, 2.45) is 0 Å². The molecule has 9 heteroatoms. The second kappa shape index (κ2) is 24.6. The summed E-state index contributed by atoms with van der Waals surface area (Å²) >= 11 is 3.80. The van der Waals surface area contributed by atoms with E-state index in [1.807, 2.05) is 174 Å². The fourth-order valence-corrected chi connectivity index (χ4v) is 14.6. The molecule has 0 spiro atoms. The summed E-state index contributed by atoms with van der Waals surface area (Å²) in [5.41, 5.74) is 15.2. The molecule has 90 heavy (non-hydrogen) atoms. The predicted octanol–water partition coefficient (Wildman–Crippen LogP) is 22.1. The van der Waals surface area contributed by atoms with Gasteiger partial charge in [-0.1, -0.05) is 270 Å². The zero-order chi connectivity index (χ0) is 58.3. The molecule has 5 aromatic heterocycles. The average molecular weight is 1190 g/mol. The second-order valence-electron chi connectivity index (χ2n) is 21.7. The first-order valence-corrected chi connectivity index (χ1v) is 31.0. The van der Waals surface area contributed by atoms with E-state index in [1.54, 1.807) is 0 Å². The van der Waals surface area contributed by atoms with Crippen molar-refractivity contribution < 1.29 is 0 Å². The normalized spacial score (nSPS) is 11.3. The molecule has 0 N–H and O–H groups in total. The van der Waals surface area contributed by atoms with Crippen LogP contribution in [0.1, 0.15) is 26.0 Å². The lowest BCUT2D eigenvalue weighted by Gasteiger charge is -2.11. The van der Waals surface area contributed by atoms with E-state index in [0.717, 1.165) is 45.5 Å². The summed E-state index contributed by atoms with van der Waals surface area (Å²) in [7, 11) is 0. The van der Waals surface area contributed by atoms with Crippen molar-refractivity contribution in [2.45, 2.75) is 21.3 Å². The van der Waals surface area contributed by atoms with Crippen LogP contribution in [0.2, 0.25) is 0 Å². The first kappa shape index (κ1) is 56.7. The van der Waals surface area contributed by atoms with E-state index in [-0.39, 0.29) is 14.9 Å². The van der Waals surface area contributed by atoms with Gasteiger partial charge in [-0.15, -0.1) is 22.7 Å². The largest absolute Gasteiger partial charge is 0.308 e. The maximum atomic E-state index is 4.93. The van der Waals surface area contributed by atoms with Crippen LogP contribution in [0.3, 0.4) is 0 Å². The highest BCUT2D eigenvalue weighted by Crippen LogP contribution is 2.46. The molecule has 18 rings (SSSR count). The Kier molecular flexibility index (Phi) is 15.5. The quantitative estimate of drug-likeness (QED) is 0.158. The summed E-state index contributed by atoms with van der Waals surface area (Å²) in [5, 5.41) is 7.93. The highest BCUT2D eigenvalue weighted by atomic mass is 32.1. The van der Waals surface area contributed by atoms with Gasteiger partial charge in [0.15, 0.2) is 34.9 Å². The van der Waals surface area contributed by atoms with Gasteiger partial charge in [0.1, 0.15) is 0 Å². The van der Waals surface area contributed by atoms with Crippen molar-refractivity contribution in [3.63, 3.8) is 0 Å². The summed E-state index contributed by atoms with van der Waals surface area (Å²) in [6.45, 7) is 0. The van der Waals surface area contributed by atoms with Gasteiger partial charge < -0.3 is 4.57 Å². The molecule has 0 saturated heterocycles. The van der Waals surface area contributed by atoms with Crippen molar-refractivity contribution in [3.8, 4) is 85.1 Å². The van der Waals surface area contributed by atoms with Crippen LogP contribution in [0.5, 0.6) is 0 Å². The fraction of sp³-hybridized carbons (Fsp3) is 0.0370. The zero-order valence-corrected chi connectivity index (χ0v) is 49.1. The third-order valence-corrected chi connectivity index (χ3v) is 18.8. The minimum absolute atomic E-state index is 0. The number of hydrogen-bond donors (Lipinski definition) is 0. The Morgan fingerprint density at radius 3 is 1.10 bits per heavy atom. The highest BCUT2D eigenvalue weighted by molar-refractivity contribution is 7.27. The molecule has 12 aromatic carbocycles. The Hall–Kier alpha value is -11.1. The Morgan fingerprint density at radius 1 is 0.267 bits per heavy atom. The molecule has 0 radical (unpaired) electrons. The lowest BCUT2D eigenvalue weighted by Crippen LogP contribution is -2.00. The van der Waals surface area contributed by atoms with E-state index in [9.17, 15) is 0 Å². The molecule has 1 aliphatic carbocycles. The van der Waals surface area contributed by atoms with Crippen LogP contribution in [0.4, 0.5) is 0 Å². The molecular weight excluding hydrogens is 1140 g/mol. The third-order valence-electron chi connectivity index (χ3n) is 16.3. The molecule has 0 saturated carbocycles. The number of nitrogens with zero attached hydrogens (tertiary/aromatic N) is 7. The standard InChI is InChI=1S/C39H24N4S.C21H15N3.C19H12S.2CH4/c1-3-11-25(12-4-1)37-40-38(26-13-5-2-6-14-26)42-39(41-37)27-19-21-28(22-20-27)43-33-17-9-7-15-29(33)31-23-24-32-30-16-8-10-18-34(30)44-36(32)35(31)43;1-4-10-16(11-5-1)19-22-20(17-12-6-2-7-13-17)24-21(23-19)18-14-8-3-9-15-18;1-2-6-13-12(5-1)11-17-14(13)9-10-16-15-7-3-4-8-18(15)20-19(16)17;;/h1-24H;1-15H;1-10H,11H2;2*1H4. The van der Waals surface area contributed by atoms with E-state index in [1.165, 1.54) is 84.4 Å². The molecule has 1 aliphatic rings. The van der Waals surface area contributed by atoms with Crippen LogP contribution >= 0.6 is 22.7 Å². The smallest absolute Gasteiger partial charge is 0.164 e. The Morgan fingerprint density at radius 2 is 0.622 bits per heavy atom. The number of benzene rings is 12. The van der Waals surface area contributed by atoms with Crippen LogP contribution in [-0.2, 0) is 6.42 Å². The SMILES string of the molecule is C.C.c1ccc(-c2nc(-c3ccccc3)nc(-c3ccc(-n4c5ccccc5c5ccc6c7ccccc7sc6c54)cc3)n2)cc1.c1ccc(-c2nc(-c3ccccc3)nc(-c3ccccc3)n2)cc1.c1ccc2c(c1)Cc1c-2ccc2c1sc1ccccc12. The van der Waals surface area contributed by atoms with Crippen LogP contribution in [0, 0.1) is 0 Å². The van der Waals surface area contributed by atoms with E-state index < -0.39 is 0 Å². The first-order valence-electron chi connectivity index (χ1n) is 29.4. The Labute approximate surface area is 530 Å². The number of rotatable bonds is 7. The van der Waals surface area contributed by atoms with Crippen LogP contribution in [0.25, 0.3) is 147 Å². The van der Waals surface area contributed by atoms with Gasteiger partial charge in [0.2, 0.25) is 0 Å². The minimum atomic E-state index is 0. The molecule has 17 aromatic rings. The number of fused-ring (bicyclic) bond motifs is 14. The summed E-state index contributed by atoms with van der Waals surface area (Å²) in [6.07, 6.45) is 1.08. The number of hydrogen-bond acceptors (Lipinski definition) is 8. The van der Waals surface area contributed by atoms with E-state index in [4.69, 9.17) is 15.0 Å². The van der Waals surface area contributed by atoms with Crippen molar-refractivity contribution in [3.05, 3.63) is 308 Å². The van der Waals surface area contributed by atoms with Gasteiger partial charge in [0.25, 0.3) is 0 Å². The van der Waals surface area contributed by atoms with Gasteiger partial charge in [-0.25, -0.2) is 29.9 Å². The maximum absolute atomic E-state index is 4.93. The highest BCUT2D eigenvalue weighted by Gasteiger charge is 2.23. The lowest BCUT2D eigenvalue weighted by molar-refractivity contribution is 1.07. The second-order valence-corrected chi connectivity index (χ2v) is 23.8. The third kappa shape index (κ3) is 10.6. The van der Waals surface area contributed by atoms with Gasteiger partial charge in [0.05, 0.1) is 15.7 Å². The monoisotopic (exact) mass is 1190 g/mol. The fourth-order valence-electron chi connectivity index (χ4n) is 12.1. The molecule has 430 valence electrons. The van der Waals surface area contributed by atoms with Crippen LogP contribution < -0.4 is 0 Å². The number of aromatic nitrogens is 7. The molecule has 0 atom stereocenters. The van der Waals surface area contributed by atoms with Crippen molar-refractivity contribution >= 4 is 84.8 Å². The van der Waals surface area contributed by atoms with Crippen molar-refractivity contribution in [1.82, 2.24) is 34.5 Å². The zero-order valence-electron chi connectivity index (χ0n) is 47.4. The molecular formula is C81H59N7S2. The molecule has 7 nitrogen and oxygen atoms in total. The first-order chi connectivity index (χ1) is 43.6. The molecule has 0 amide bonds. The molecule has 0 fully saturated rings. The molecule has 0 aliphatic heterocycles. The Balaban J connectivity index is 0.000000129. The van der Waals surface area contributed by atoms with E-state index in [2.05, 4.69) is 165 Å². The maximum Gasteiger partial charge on any atom is 0.164 e. The van der Waals surface area contributed by atoms with Crippen molar-refractivity contribution in [2.75, 3.05) is 0 Å². The van der Waals surface area contributed by atoms with Crippen LogP contribution in [-0.4, -0.2) is 34.5 Å². The molecule has 5 heterocycles. The van der Waals surface area contributed by atoms with Gasteiger partial charge in [-0.3, -0.25) is 0 Å². The number of thiophene rings is 2. The summed E-state index contributed by atoms with van der Waals surface area (Å²) < 4.78 is 7.89. The molecule has 0 bridgehead atoms. The minimum Gasteiger partial charge on any atom is -0.308 e. The summed E-state index contributed by atoms with van der Waals surface area (Å²) in [6, 6.07) is 103. The number of para-hydroxylation sites is 1. The van der Waals surface area contributed by atoms with Gasteiger partial charge in [-0.05, 0) is 64.7 Å². The van der Waals surface area contributed by atoms with Gasteiger partial charge in [-0.2, -0.15) is 0 Å². The van der Waals surface area contributed by atoms with E-state index in [0.29, 0.717) is 34.9 Å². The van der Waals surface area contributed by atoms with Gasteiger partial charge >= 0.3 is 0 Å². The Bertz CT molecular complexity index is 5200. The lowest BCUT2D eigenvalue weighted by atomic mass is 10.0. The van der Waals surface area contributed by atoms with Crippen molar-refractivity contribution in [1.29, 1.82) is 0 Å². The topological polar surface area (TPSA) is 82.3 Å².